The summed E-state index contributed by atoms with van der Waals surface area (Å²) in [7, 11) is 1.56. The summed E-state index contributed by atoms with van der Waals surface area (Å²) in [6.45, 7) is 4.03. The highest BCUT2D eigenvalue weighted by atomic mass is 16.5. The molecule has 0 heterocycles. The predicted octanol–water partition coefficient (Wildman–Crippen LogP) is 3.55. The predicted molar refractivity (Wildman–Crippen MR) is 94.5 cm³/mol. The van der Waals surface area contributed by atoms with Crippen LogP contribution in [0.2, 0.25) is 0 Å². The Balaban J connectivity index is 1.96. The molecule has 1 unspecified atom stereocenters. The van der Waals surface area contributed by atoms with E-state index in [-0.39, 0.29) is 11.9 Å². The second kappa shape index (κ2) is 8.46. The second-order valence-corrected chi connectivity index (χ2v) is 6.87. The maximum Gasteiger partial charge on any atom is 0.255 e. The first kappa shape index (κ1) is 18.0. The van der Waals surface area contributed by atoms with Gasteiger partial charge in [0.1, 0.15) is 0 Å². The maximum atomic E-state index is 12.5. The number of benzene rings is 1. The molecule has 1 aromatic carbocycles. The SMILES string of the molecule is COC(C(=O)Nc1ccc(C)cc1C)[C@H](N)CC1CCCCC1. The van der Waals surface area contributed by atoms with E-state index in [1.165, 1.54) is 37.7 Å². The van der Waals surface area contributed by atoms with Crippen molar-refractivity contribution >= 4 is 11.6 Å². The normalized spacial score (nSPS) is 18.4. The highest BCUT2D eigenvalue weighted by Gasteiger charge is 2.28. The van der Waals surface area contributed by atoms with E-state index < -0.39 is 6.10 Å². The summed E-state index contributed by atoms with van der Waals surface area (Å²) in [6.07, 6.45) is 6.60. The summed E-state index contributed by atoms with van der Waals surface area (Å²) >= 11 is 0. The quantitative estimate of drug-likeness (QED) is 0.843. The molecule has 0 aliphatic heterocycles. The molecule has 1 amide bonds. The molecule has 0 saturated heterocycles. The van der Waals surface area contributed by atoms with E-state index in [4.69, 9.17) is 10.5 Å². The zero-order chi connectivity index (χ0) is 16.8. The Labute approximate surface area is 139 Å². The number of nitrogens with one attached hydrogen (secondary N) is 1. The minimum Gasteiger partial charge on any atom is -0.370 e. The summed E-state index contributed by atoms with van der Waals surface area (Å²) in [5.74, 6) is 0.480. The number of hydrogen-bond donors (Lipinski definition) is 2. The number of aryl methyl sites for hydroxylation is 2. The van der Waals surface area contributed by atoms with Crippen LogP contribution in [0.4, 0.5) is 5.69 Å². The number of ether oxygens (including phenoxy) is 1. The fourth-order valence-corrected chi connectivity index (χ4v) is 3.57. The molecule has 1 aliphatic carbocycles. The van der Waals surface area contributed by atoms with Crippen LogP contribution < -0.4 is 11.1 Å². The Kier molecular flexibility index (Phi) is 6.60. The van der Waals surface area contributed by atoms with Gasteiger partial charge >= 0.3 is 0 Å². The van der Waals surface area contributed by atoms with Crippen LogP contribution in [0.5, 0.6) is 0 Å². The third kappa shape index (κ3) is 5.05. The van der Waals surface area contributed by atoms with Gasteiger partial charge in [0.15, 0.2) is 6.10 Å². The van der Waals surface area contributed by atoms with Gasteiger partial charge in [0.05, 0.1) is 0 Å². The smallest absolute Gasteiger partial charge is 0.255 e. The zero-order valence-corrected chi connectivity index (χ0v) is 14.6. The number of anilines is 1. The van der Waals surface area contributed by atoms with Crippen molar-refractivity contribution in [3.8, 4) is 0 Å². The molecule has 2 atom stereocenters. The third-order valence-corrected chi connectivity index (χ3v) is 4.87. The Morgan fingerprint density at radius 2 is 2.00 bits per heavy atom. The van der Waals surface area contributed by atoms with Crippen molar-refractivity contribution in [2.75, 3.05) is 12.4 Å². The van der Waals surface area contributed by atoms with Gasteiger partial charge in [-0.2, -0.15) is 0 Å². The van der Waals surface area contributed by atoms with Crippen molar-refractivity contribution in [1.82, 2.24) is 0 Å². The average molecular weight is 318 g/mol. The molecule has 128 valence electrons. The van der Waals surface area contributed by atoms with Crippen LogP contribution in [0, 0.1) is 19.8 Å². The molecule has 4 heteroatoms. The number of nitrogens with two attached hydrogens (primary N) is 1. The van der Waals surface area contributed by atoms with E-state index in [1.54, 1.807) is 7.11 Å². The molecule has 0 bridgehead atoms. The van der Waals surface area contributed by atoms with Gasteiger partial charge in [0.25, 0.3) is 5.91 Å². The van der Waals surface area contributed by atoms with Gasteiger partial charge in [-0.1, -0.05) is 49.8 Å². The summed E-state index contributed by atoms with van der Waals surface area (Å²) in [4.78, 5) is 12.5. The first-order valence-corrected chi connectivity index (χ1v) is 8.67. The van der Waals surface area contributed by atoms with Gasteiger partial charge in [-0.25, -0.2) is 0 Å². The van der Waals surface area contributed by atoms with Crippen molar-refractivity contribution in [1.29, 1.82) is 0 Å². The van der Waals surface area contributed by atoms with E-state index in [9.17, 15) is 4.79 Å². The number of carbonyl (C=O) groups is 1. The summed E-state index contributed by atoms with van der Waals surface area (Å²) < 4.78 is 5.41. The van der Waals surface area contributed by atoms with Crippen LogP contribution in [-0.4, -0.2) is 25.2 Å². The van der Waals surface area contributed by atoms with E-state index in [2.05, 4.69) is 11.4 Å². The van der Waals surface area contributed by atoms with Crippen LogP contribution in [0.3, 0.4) is 0 Å². The standard InChI is InChI=1S/C19H30N2O2/c1-13-9-10-17(14(2)11-13)21-19(22)18(23-3)16(20)12-15-7-5-4-6-8-15/h9-11,15-16,18H,4-8,12,20H2,1-3H3,(H,21,22)/t16-,18?/m1/s1. The van der Waals surface area contributed by atoms with Crippen LogP contribution in [0.25, 0.3) is 0 Å². The molecule has 4 nitrogen and oxygen atoms in total. The first-order valence-electron chi connectivity index (χ1n) is 8.67. The molecule has 1 aromatic rings. The van der Waals surface area contributed by atoms with Gasteiger partial charge in [-0.05, 0) is 37.8 Å². The lowest BCUT2D eigenvalue weighted by molar-refractivity contribution is -0.127. The summed E-state index contributed by atoms with van der Waals surface area (Å²) in [5, 5.41) is 2.96. The Bertz CT molecular complexity index is 524. The maximum absolute atomic E-state index is 12.5. The molecule has 2 rings (SSSR count). The third-order valence-electron chi connectivity index (χ3n) is 4.87. The van der Waals surface area contributed by atoms with E-state index in [0.717, 1.165) is 17.7 Å². The van der Waals surface area contributed by atoms with Crippen LogP contribution in [0.1, 0.15) is 49.7 Å². The molecular formula is C19H30N2O2. The highest BCUT2D eigenvalue weighted by Crippen LogP contribution is 2.28. The van der Waals surface area contributed by atoms with Gasteiger partial charge in [0.2, 0.25) is 0 Å². The Hall–Kier alpha value is -1.39. The molecule has 3 N–H and O–H groups in total. The van der Waals surface area contributed by atoms with Crippen LogP contribution in [0.15, 0.2) is 18.2 Å². The fourth-order valence-electron chi connectivity index (χ4n) is 3.57. The van der Waals surface area contributed by atoms with Crippen molar-refractivity contribution in [2.24, 2.45) is 11.7 Å². The number of amides is 1. The van der Waals surface area contributed by atoms with Gasteiger partial charge < -0.3 is 15.8 Å². The fraction of sp³-hybridized carbons (Fsp3) is 0.632. The Morgan fingerprint density at radius 3 is 2.61 bits per heavy atom. The first-order chi connectivity index (χ1) is 11.0. The number of hydrogen-bond acceptors (Lipinski definition) is 3. The van der Waals surface area contributed by atoms with Gasteiger partial charge in [0, 0.05) is 18.8 Å². The van der Waals surface area contributed by atoms with E-state index in [1.807, 2.05) is 26.0 Å². The molecule has 1 fully saturated rings. The minimum absolute atomic E-state index is 0.150. The minimum atomic E-state index is -0.599. The van der Waals surface area contributed by atoms with Gasteiger partial charge in [-0.15, -0.1) is 0 Å². The van der Waals surface area contributed by atoms with Crippen molar-refractivity contribution < 1.29 is 9.53 Å². The van der Waals surface area contributed by atoms with Crippen molar-refractivity contribution in [3.63, 3.8) is 0 Å². The number of carbonyl (C=O) groups excluding carboxylic acids is 1. The Morgan fingerprint density at radius 1 is 1.30 bits per heavy atom. The number of rotatable bonds is 6. The van der Waals surface area contributed by atoms with E-state index >= 15 is 0 Å². The zero-order valence-electron chi connectivity index (χ0n) is 14.6. The molecule has 0 aromatic heterocycles. The largest absolute Gasteiger partial charge is 0.370 e. The lowest BCUT2D eigenvalue weighted by Gasteiger charge is -2.28. The van der Waals surface area contributed by atoms with E-state index in [0.29, 0.717) is 5.92 Å². The highest BCUT2D eigenvalue weighted by molar-refractivity contribution is 5.95. The molecule has 23 heavy (non-hydrogen) atoms. The second-order valence-electron chi connectivity index (χ2n) is 6.87. The molecule has 0 spiro atoms. The average Bonchev–Trinajstić information content (AvgIpc) is 2.52. The van der Waals surface area contributed by atoms with Gasteiger partial charge in [-0.3, -0.25) is 4.79 Å². The van der Waals surface area contributed by atoms with Crippen molar-refractivity contribution in [3.05, 3.63) is 29.3 Å². The lowest BCUT2D eigenvalue weighted by Crippen LogP contribution is -2.46. The monoisotopic (exact) mass is 318 g/mol. The lowest BCUT2D eigenvalue weighted by atomic mass is 9.84. The van der Waals surface area contributed by atoms with Crippen LogP contribution in [-0.2, 0) is 9.53 Å². The summed E-state index contributed by atoms with van der Waals surface area (Å²) in [6, 6.07) is 5.72. The van der Waals surface area contributed by atoms with Crippen LogP contribution >= 0.6 is 0 Å². The summed E-state index contributed by atoms with van der Waals surface area (Å²) in [5.41, 5.74) is 9.35. The molecular weight excluding hydrogens is 288 g/mol. The molecule has 1 saturated carbocycles. The molecule has 0 radical (unpaired) electrons. The number of methoxy groups -OCH3 is 1. The topological polar surface area (TPSA) is 64.3 Å². The van der Waals surface area contributed by atoms with Crippen molar-refractivity contribution in [2.45, 2.75) is 64.5 Å². The molecule has 1 aliphatic rings.